The highest BCUT2D eigenvalue weighted by molar-refractivity contribution is 5.86. The number of ether oxygens (including phenoxy) is 1. The van der Waals surface area contributed by atoms with Crippen LogP contribution in [0.25, 0.3) is 0 Å². The van der Waals surface area contributed by atoms with Crippen LogP contribution in [0.3, 0.4) is 0 Å². The minimum Gasteiger partial charge on any atom is -0.428 e. The smallest absolute Gasteiger partial charge is 0.333 e. The van der Waals surface area contributed by atoms with Crippen molar-refractivity contribution < 1.29 is 19.7 Å². The molecular weight excluding hydrogens is 304 g/mol. The lowest BCUT2D eigenvalue weighted by Gasteiger charge is -2.59. The molecule has 24 heavy (non-hydrogen) atoms. The molecule has 4 nitrogen and oxygen atoms in total. The quantitative estimate of drug-likeness (QED) is 0.602. The van der Waals surface area contributed by atoms with E-state index in [9.17, 15) is 15.0 Å². The van der Waals surface area contributed by atoms with Crippen molar-refractivity contribution in [3.8, 4) is 0 Å². The Bertz CT molecular complexity index is 615. The number of rotatable bonds is 2. The fourth-order valence-corrected chi connectivity index (χ4v) is 5.53. The maximum Gasteiger partial charge on any atom is 0.333 e. The molecule has 0 radical (unpaired) electrons. The molecule has 2 N–H and O–H groups in total. The topological polar surface area (TPSA) is 66.8 Å². The third-order valence-corrected chi connectivity index (χ3v) is 6.37. The molecule has 0 saturated heterocycles. The van der Waals surface area contributed by atoms with Gasteiger partial charge in [0.2, 0.25) is 6.29 Å². The van der Waals surface area contributed by atoms with E-state index in [1.165, 1.54) is 6.08 Å². The summed E-state index contributed by atoms with van der Waals surface area (Å²) in [5.41, 5.74) is 1.52. The molecule has 1 aliphatic heterocycles. The summed E-state index contributed by atoms with van der Waals surface area (Å²) in [7, 11) is 0. The number of aliphatic hydroxyl groups is 2. The maximum atomic E-state index is 11.3. The van der Waals surface area contributed by atoms with Crippen LogP contribution in [0.2, 0.25) is 0 Å². The summed E-state index contributed by atoms with van der Waals surface area (Å²) in [4.78, 5) is 11.3. The number of fused-ring (bicyclic) bond motifs is 1. The molecule has 5 atom stereocenters. The van der Waals surface area contributed by atoms with Crippen molar-refractivity contribution in [1.82, 2.24) is 0 Å². The highest BCUT2D eigenvalue weighted by Gasteiger charge is 2.55. The molecule has 3 aliphatic rings. The zero-order valence-electron chi connectivity index (χ0n) is 14.8. The summed E-state index contributed by atoms with van der Waals surface area (Å²) >= 11 is 0. The lowest BCUT2D eigenvalue weighted by molar-refractivity contribution is -0.150. The van der Waals surface area contributed by atoms with E-state index in [0.29, 0.717) is 12.0 Å². The zero-order valence-corrected chi connectivity index (χ0v) is 14.8. The van der Waals surface area contributed by atoms with Crippen LogP contribution in [0.15, 0.2) is 36.0 Å². The predicted molar refractivity (Wildman–Crippen MR) is 91.8 cm³/mol. The number of allylic oxidation sites excluding steroid dienone is 1. The van der Waals surface area contributed by atoms with Crippen LogP contribution in [0.1, 0.15) is 46.5 Å². The van der Waals surface area contributed by atoms with Crippen LogP contribution in [-0.4, -0.2) is 28.6 Å². The van der Waals surface area contributed by atoms with Gasteiger partial charge in [-0.2, -0.15) is 0 Å². The van der Waals surface area contributed by atoms with Gasteiger partial charge in [0.05, 0.1) is 6.10 Å². The van der Waals surface area contributed by atoms with Gasteiger partial charge in [0, 0.05) is 17.6 Å². The number of aliphatic hydroxyl groups excluding tert-OH is 2. The summed E-state index contributed by atoms with van der Waals surface area (Å²) in [6, 6.07) is 0. The zero-order chi connectivity index (χ0) is 17.7. The predicted octanol–water partition coefficient (Wildman–Crippen LogP) is 3.11. The van der Waals surface area contributed by atoms with Gasteiger partial charge in [0.25, 0.3) is 0 Å². The van der Waals surface area contributed by atoms with Crippen molar-refractivity contribution in [1.29, 1.82) is 0 Å². The van der Waals surface area contributed by atoms with Crippen molar-refractivity contribution >= 4 is 5.97 Å². The van der Waals surface area contributed by atoms with E-state index in [4.69, 9.17) is 4.74 Å². The van der Waals surface area contributed by atoms with Gasteiger partial charge >= 0.3 is 5.97 Å². The Labute approximate surface area is 143 Å². The first-order valence-electron chi connectivity index (χ1n) is 8.79. The number of hydrogen-bond donors (Lipinski definition) is 2. The number of cyclic esters (lactones) is 1. The second kappa shape index (κ2) is 5.85. The van der Waals surface area contributed by atoms with Gasteiger partial charge in [0.15, 0.2) is 0 Å². The van der Waals surface area contributed by atoms with E-state index in [1.54, 1.807) is 6.08 Å². The average molecular weight is 332 g/mol. The Hall–Kier alpha value is -1.39. The molecule has 2 fully saturated rings. The van der Waals surface area contributed by atoms with E-state index in [0.717, 1.165) is 24.8 Å². The molecule has 0 bridgehead atoms. The lowest BCUT2D eigenvalue weighted by Crippen LogP contribution is -2.55. The normalized spacial score (nSPS) is 42.0. The van der Waals surface area contributed by atoms with Crippen LogP contribution in [-0.2, 0) is 9.53 Å². The van der Waals surface area contributed by atoms with Gasteiger partial charge in [-0.3, -0.25) is 0 Å². The summed E-state index contributed by atoms with van der Waals surface area (Å²) < 4.78 is 4.73. The Morgan fingerprint density at radius 2 is 2.00 bits per heavy atom. The highest BCUT2D eigenvalue weighted by atomic mass is 16.6. The molecular formula is C20H28O4. The molecule has 132 valence electrons. The van der Waals surface area contributed by atoms with Crippen LogP contribution in [0, 0.1) is 22.7 Å². The van der Waals surface area contributed by atoms with Crippen LogP contribution < -0.4 is 0 Å². The maximum absolute atomic E-state index is 11.3. The number of carbonyl (C=O) groups excluding carboxylic acids is 1. The van der Waals surface area contributed by atoms with E-state index < -0.39 is 12.3 Å². The highest BCUT2D eigenvalue weighted by Crippen LogP contribution is 2.61. The minimum atomic E-state index is -1.18. The van der Waals surface area contributed by atoms with Gasteiger partial charge in [-0.25, -0.2) is 4.79 Å². The Morgan fingerprint density at radius 1 is 1.29 bits per heavy atom. The summed E-state index contributed by atoms with van der Waals surface area (Å²) in [6.45, 7) is 11.0. The lowest BCUT2D eigenvalue weighted by atomic mass is 9.47. The SMILES string of the molecule is C=C1CC(O)C2C(C)(C)CCCC2(C)C1C=CC1=CC(=O)OC1O. The van der Waals surface area contributed by atoms with Gasteiger partial charge in [0.1, 0.15) is 0 Å². The molecule has 3 rings (SSSR count). The standard InChI is InChI=1S/C20H28O4/c1-12-10-15(21)17-19(2,3)8-5-9-20(17,4)14(12)7-6-13-11-16(22)24-18(13)23/h6-7,11,14-15,17-18,21,23H,1,5,8-10H2,2-4H3. The number of hydrogen-bond acceptors (Lipinski definition) is 4. The van der Waals surface area contributed by atoms with Gasteiger partial charge in [-0.1, -0.05) is 51.5 Å². The Kier molecular flexibility index (Phi) is 4.25. The first-order valence-corrected chi connectivity index (χ1v) is 8.79. The van der Waals surface area contributed by atoms with Gasteiger partial charge in [-0.05, 0) is 36.0 Å². The summed E-state index contributed by atoms with van der Waals surface area (Å²) in [6.07, 6.45) is 7.53. The van der Waals surface area contributed by atoms with Crippen molar-refractivity contribution in [2.24, 2.45) is 22.7 Å². The van der Waals surface area contributed by atoms with E-state index in [2.05, 4.69) is 27.4 Å². The largest absolute Gasteiger partial charge is 0.428 e. The van der Waals surface area contributed by atoms with Gasteiger partial charge < -0.3 is 14.9 Å². The molecule has 1 heterocycles. The van der Waals surface area contributed by atoms with E-state index in [1.807, 2.05) is 6.08 Å². The summed E-state index contributed by atoms with van der Waals surface area (Å²) in [5, 5.41) is 20.5. The van der Waals surface area contributed by atoms with Crippen LogP contribution in [0.4, 0.5) is 0 Å². The first-order chi connectivity index (χ1) is 11.1. The first kappa shape index (κ1) is 17.4. The molecule has 0 aromatic rings. The van der Waals surface area contributed by atoms with Gasteiger partial charge in [-0.15, -0.1) is 0 Å². The van der Waals surface area contributed by atoms with E-state index >= 15 is 0 Å². The van der Waals surface area contributed by atoms with Crippen molar-refractivity contribution in [2.75, 3.05) is 0 Å². The molecule has 2 aliphatic carbocycles. The fourth-order valence-electron chi connectivity index (χ4n) is 5.53. The molecule has 0 amide bonds. The minimum absolute atomic E-state index is 0.0675. The second-order valence-electron chi connectivity index (χ2n) is 8.53. The molecule has 5 unspecified atom stereocenters. The molecule has 0 spiro atoms. The molecule has 2 saturated carbocycles. The molecule has 0 aromatic heterocycles. The number of carbonyl (C=O) groups is 1. The molecule has 4 heteroatoms. The summed E-state index contributed by atoms with van der Waals surface area (Å²) in [5.74, 6) is -0.184. The van der Waals surface area contributed by atoms with E-state index in [-0.39, 0.29) is 28.8 Å². The second-order valence-corrected chi connectivity index (χ2v) is 8.53. The third-order valence-electron chi connectivity index (χ3n) is 6.37. The average Bonchev–Trinajstić information content (AvgIpc) is 2.74. The third kappa shape index (κ3) is 2.76. The monoisotopic (exact) mass is 332 g/mol. The van der Waals surface area contributed by atoms with Crippen molar-refractivity contribution in [3.63, 3.8) is 0 Å². The van der Waals surface area contributed by atoms with Crippen molar-refractivity contribution in [3.05, 3.63) is 36.0 Å². The fraction of sp³-hybridized carbons (Fsp3) is 0.650. The van der Waals surface area contributed by atoms with Crippen LogP contribution in [0.5, 0.6) is 0 Å². The molecule has 0 aromatic carbocycles. The number of esters is 1. The van der Waals surface area contributed by atoms with Crippen molar-refractivity contribution in [2.45, 2.75) is 58.8 Å². The Morgan fingerprint density at radius 3 is 2.62 bits per heavy atom. The Balaban J connectivity index is 1.93. The van der Waals surface area contributed by atoms with Crippen LogP contribution >= 0.6 is 0 Å².